The van der Waals surface area contributed by atoms with E-state index in [4.69, 9.17) is 16.7 Å². The molecule has 0 bridgehead atoms. The van der Waals surface area contributed by atoms with Crippen LogP contribution in [0, 0.1) is 0 Å². The number of carbonyl (C=O) groups is 2. The largest absolute Gasteiger partial charge is 0.480 e. The Morgan fingerprint density at radius 2 is 2.15 bits per heavy atom. The van der Waals surface area contributed by atoms with Crippen LogP contribution in [0.15, 0.2) is 12.1 Å². The van der Waals surface area contributed by atoms with Crippen LogP contribution in [0.4, 0.5) is 5.69 Å². The van der Waals surface area contributed by atoms with Crippen molar-refractivity contribution in [1.29, 1.82) is 0 Å². The fraction of sp³-hybridized carbons (Fsp3) is 0.462. The zero-order valence-corrected chi connectivity index (χ0v) is 11.5. The summed E-state index contributed by atoms with van der Waals surface area (Å²) in [4.78, 5) is 29.4. The Balaban J connectivity index is 2.12. The van der Waals surface area contributed by atoms with E-state index in [0.717, 1.165) is 0 Å². The minimum atomic E-state index is -1.04. The molecular weight excluding hydrogens is 282 g/mol. The van der Waals surface area contributed by atoms with Gasteiger partial charge >= 0.3 is 5.97 Å². The minimum Gasteiger partial charge on any atom is -0.480 e. The molecule has 0 aliphatic carbocycles. The van der Waals surface area contributed by atoms with E-state index < -0.39 is 11.4 Å². The molecule has 2 aliphatic heterocycles. The molecule has 1 amide bonds. The molecule has 20 heavy (non-hydrogen) atoms. The van der Waals surface area contributed by atoms with E-state index in [9.17, 15) is 9.59 Å². The topological polar surface area (TPSA) is 82.5 Å². The third-order valence-electron chi connectivity index (χ3n) is 3.99. The zero-order valence-electron chi connectivity index (χ0n) is 10.7. The monoisotopic (exact) mass is 295 g/mol. The summed E-state index contributed by atoms with van der Waals surface area (Å²) in [5, 5.41) is 12.5. The number of carboxylic acid groups (broad SMARTS) is 1. The number of amides is 1. The number of fused-ring (bicyclic) bond motifs is 2. The average Bonchev–Trinajstić information content (AvgIpc) is 2.63. The molecule has 1 aromatic rings. The molecule has 1 spiro atoms. The van der Waals surface area contributed by atoms with Crippen LogP contribution in [0.3, 0.4) is 0 Å². The first-order chi connectivity index (χ1) is 9.54. The van der Waals surface area contributed by atoms with Crippen LogP contribution in [-0.4, -0.2) is 41.6 Å². The Hall–Kier alpha value is -1.66. The highest BCUT2D eigenvalue weighted by Gasteiger charge is 2.52. The lowest BCUT2D eigenvalue weighted by Crippen LogP contribution is -2.48. The summed E-state index contributed by atoms with van der Waals surface area (Å²) in [5.41, 5.74) is 0.474. The molecule has 0 atom stereocenters. The molecule has 106 valence electrons. The smallest absolute Gasteiger partial charge is 0.323 e. The number of pyridine rings is 1. The van der Waals surface area contributed by atoms with Gasteiger partial charge in [0.05, 0.1) is 16.8 Å². The number of aromatic nitrogens is 1. The number of piperidine rings is 1. The van der Waals surface area contributed by atoms with Crippen LogP contribution in [0.5, 0.6) is 0 Å². The molecule has 6 nitrogen and oxygen atoms in total. The lowest BCUT2D eigenvalue weighted by atomic mass is 9.76. The first-order valence-electron chi connectivity index (χ1n) is 6.46. The number of aliphatic carboxylic acids is 1. The Morgan fingerprint density at radius 1 is 1.45 bits per heavy atom. The van der Waals surface area contributed by atoms with Crippen LogP contribution in [0.25, 0.3) is 0 Å². The number of nitrogens with zero attached hydrogens (tertiary/aromatic N) is 2. The Bertz CT molecular complexity index is 584. The number of rotatable bonds is 2. The van der Waals surface area contributed by atoms with Gasteiger partial charge in [-0.2, -0.15) is 0 Å². The van der Waals surface area contributed by atoms with E-state index >= 15 is 0 Å². The van der Waals surface area contributed by atoms with Gasteiger partial charge in [0, 0.05) is 0 Å². The predicted molar refractivity (Wildman–Crippen MR) is 73.0 cm³/mol. The van der Waals surface area contributed by atoms with Crippen molar-refractivity contribution in [3.8, 4) is 0 Å². The fourth-order valence-corrected chi connectivity index (χ4v) is 3.21. The van der Waals surface area contributed by atoms with E-state index in [-0.39, 0.29) is 12.5 Å². The van der Waals surface area contributed by atoms with Crippen LogP contribution in [-0.2, 0) is 15.0 Å². The predicted octanol–water partition coefficient (Wildman–Crippen LogP) is 0.787. The molecule has 3 heterocycles. The maximum absolute atomic E-state index is 12.7. The van der Waals surface area contributed by atoms with Gasteiger partial charge in [-0.1, -0.05) is 11.6 Å². The second-order valence-electron chi connectivity index (χ2n) is 5.12. The number of hydrogen-bond donors (Lipinski definition) is 2. The SMILES string of the molecule is O=C(O)CN1C(=O)C2(CCNCC2)c2nc(Cl)ccc21. The van der Waals surface area contributed by atoms with Gasteiger partial charge in [-0.25, -0.2) is 4.98 Å². The van der Waals surface area contributed by atoms with E-state index in [1.807, 2.05) is 0 Å². The maximum atomic E-state index is 12.7. The first-order valence-corrected chi connectivity index (χ1v) is 6.84. The lowest BCUT2D eigenvalue weighted by Gasteiger charge is -2.32. The van der Waals surface area contributed by atoms with E-state index in [0.29, 0.717) is 42.5 Å². The second kappa shape index (κ2) is 4.71. The van der Waals surface area contributed by atoms with Crippen molar-refractivity contribution in [2.75, 3.05) is 24.5 Å². The van der Waals surface area contributed by atoms with Crippen molar-refractivity contribution < 1.29 is 14.7 Å². The number of carboxylic acids is 1. The third kappa shape index (κ3) is 1.87. The summed E-state index contributed by atoms with van der Waals surface area (Å²) < 4.78 is 0. The second-order valence-corrected chi connectivity index (χ2v) is 5.51. The third-order valence-corrected chi connectivity index (χ3v) is 4.20. The highest BCUT2D eigenvalue weighted by Crippen LogP contribution is 2.46. The van der Waals surface area contributed by atoms with Crippen molar-refractivity contribution in [3.05, 3.63) is 23.0 Å². The van der Waals surface area contributed by atoms with Crippen LogP contribution in [0.2, 0.25) is 5.15 Å². The normalized spacial score (nSPS) is 20.2. The van der Waals surface area contributed by atoms with E-state index in [1.165, 1.54) is 4.90 Å². The van der Waals surface area contributed by atoms with Crippen molar-refractivity contribution in [1.82, 2.24) is 10.3 Å². The number of hydrogen-bond acceptors (Lipinski definition) is 4. The average molecular weight is 296 g/mol. The molecule has 2 N–H and O–H groups in total. The van der Waals surface area contributed by atoms with Gasteiger partial charge in [0.2, 0.25) is 5.91 Å². The molecule has 0 radical (unpaired) electrons. The first kappa shape index (κ1) is 13.3. The van der Waals surface area contributed by atoms with Gasteiger partial charge in [-0.05, 0) is 38.1 Å². The van der Waals surface area contributed by atoms with Gasteiger partial charge in [0.15, 0.2) is 0 Å². The fourth-order valence-electron chi connectivity index (χ4n) is 3.06. The molecule has 0 saturated carbocycles. The Labute approximate surface area is 120 Å². The van der Waals surface area contributed by atoms with E-state index in [2.05, 4.69) is 10.3 Å². The molecule has 1 fully saturated rings. The van der Waals surface area contributed by atoms with Gasteiger partial charge in [-0.15, -0.1) is 0 Å². The molecule has 3 rings (SSSR count). The van der Waals surface area contributed by atoms with Gasteiger partial charge in [-0.3, -0.25) is 14.5 Å². The van der Waals surface area contributed by atoms with Crippen LogP contribution >= 0.6 is 11.6 Å². The van der Waals surface area contributed by atoms with Gasteiger partial charge in [0.1, 0.15) is 11.7 Å². The van der Waals surface area contributed by atoms with Crippen molar-refractivity contribution in [3.63, 3.8) is 0 Å². The number of anilines is 1. The van der Waals surface area contributed by atoms with Gasteiger partial charge < -0.3 is 10.4 Å². The lowest BCUT2D eigenvalue weighted by molar-refractivity contribution is -0.137. The molecule has 7 heteroatoms. The number of nitrogens with one attached hydrogen (secondary N) is 1. The highest BCUT2D eigenvalue weighted by molar-refractivity contribution is 6.29. The summed E-state index contributed by atoms with van der Waals surface area (Å²) in [6.07, 6.45) is 1.23. The van der Waals surface area contributed by atoms with Crippen molar-refractivity contribution in [2.24, 2.45) is 0 Å². The summed E-state index contributed by atoms with van der Waals surface area (Å²) in [6, 6.07) is 3.27. The Morgan fingerprint density at radius 3 is 2.80 bits per heavy atom. The maximum Gasteiger partial charge on any atom is 0.323 e. The molecule has 1 aromatic heterocycles. The summed E-state index contributed by atoms with van der Waals surface area (Å²) in [5.74, 6) is -1.21. The van der Waals surface area contributed by atoms with E-state index in [1.54, 1.807) is 12.1 Å². The number of carbonyl (C=O) groups excluding carboxylic acids is 1. The van der Waals surface area contributed by atoms with Crippen LogP contribution < -0.4 is 10.2 Å². The Kier molecular flexibility index (Phi) is 3.14. The highest BCUT2D eigenvalue weighted by atomic mass is 35.5. The molecular formula is C13H14ClN3O3. The van der Waals surface area contributed by atoms with Gasteiger partial charge in [0.25, 0.3) is 0 Å². The molecule has 1 saturated heterocycles. The summed E-state index contributed by atoms with van der Waals surface area (Å²) in [7, 11) is 0. The molecule has 2 aliphatic rings. The van der Waals surface area contributed by atoms with Crippen molar-refractivity contribution in [2.45, 2.75) is 18.3 Å². The minimum absolute atomic E-state index is 0.175. The summed E-state index contributed by atoms with van der Waals surface area (Å²) >= 11 is 5.95. The van der Waals surface area contributed by atoms with Crippen molar-refractivity contribution >= 4 is 29.2 Å². The quantitative estimate of drug-likeness (QED) is 0.788. The number of halogens is 1. The zero-order chi connectivity index (χ0) is 14.3. The summed E-state index contributed by atoms with van der Waals surface area (Å²) in [6.45, 7) is 1.07. The molecule has 0 unspecified atom stereocenters. The standard InChI is InChI=1S/C13H14ClN3O3/c14-9-2-1-8-11(16-9)13(3-5-15-6-4-13)12(20)17(8)7-10(18)19/h1-2,15H,3-7H2,(H,18,19). The van der Waals surface area contributed by atoms with Crippen LogP contribution in [0.1, 0.15) is 18.5 Å². The molecule has 0 aromatic carbocycles.